The van der Waals surface area contributed by atoms with E-state index in [1.165, 1.54) is 7.11 Å². The molecule has 1 aromatic carbocycles. The van der Waals surface area contributed by atoms with Crippen molar-refractivity contribution in [1.82, 2.24) is 9.62 Å². The fraction of sp³-hybridized carbons (Fsp3) is 0.571. The average Bonchev–Trinajstić information content (AvgIpc) is 2.98. The molecule has 0 amide bonds. The predicted molar refractivity (Wildman–Crippen MR) is 93.4 cm³/mol. The Morgan fingerprint density at radius 3 is 2.73 bits per heavy atom. The Labute approximate surface area is 147 Å². The minimum atomic E-state index is -3.57. The fourth-order valence-corrected chi connectivity index (χ4v) is 5.03. The molecule has 0 saturated carbocycles. The molecule has 1 unspecified atom stereocenters. The Bertz CT molecular complexity index is 592. The van der Waals surface area contributed by atoms with E-state index in [1.54, 1.807) is 22.5 Å². The second-order valence-electron chi connectivity index (χ2n) is 5.06. The van der Waals surface area contributed by atoms with Crippen molar-refractivity contribution in [2.24, 2.45) is 0 Å². The summed E-state index contributed by atoms with van der Waals surface area (Å²) in [5.74, 6) is 0.380. The molecular weight excluding hydrogens is 392 g/mol. The maximum Gasteiger partial charge on any atom is 0.247 e. The number of benzene rings is 1. The quantitative estimate of drug-likeness (QED) is 0.779. The number of halogens is 2. The molecule has 8 heteroatoms. The smallest absolute Gasteiger partial charge is 0.247 e. The molecule has 126 valence electrons. The van der Waals surface area contributed by atoms with Crippen LogP contribution in [0.25, 0.3) is 0 Å². The number of hydrogen-bond acceptors (Lipinski definition) is 4. The highest BCUT2D eigenvalue weighted by Crippen LogP contribution is 2.31. The molecule has 22 heavy (non-hydrogen) atoms. The molecule has 0 spiro atoms. The molecule has 0 aliphatic carbocycles. The highest BCUT2D eigenvalue weighted by atomic mass is 79.9. The Balaban J connectivity index is 0.00000242. The van der Waals surface area contributed by atoms with E-state index >= 15 is 0 Å². The van der Waals surface area contributed by atoms with Gasteiger partial charge in [0.1, 0.15) is 10.6 Å². The summed E-state index contributed by atoms with van der Waals surface area (Å²) in [6.45, 7) is 4.07. The number of methoxy groups -OCH3 is 1. The first-order valence-electron chi connectivity index (χ1n) is 7.06. The second-order valence-corrected chi connectivity index (χ2v) is 7.83. The van der Waals surface area contributed by atoms with Gasteiger partial charge in [-0.15, -0.1) is 12.4 Å². The van der Waals surface area contributed by atoms with Crippen molar-refractivity contribution in [2.75, 3.05) is 26.7 Å². The van der Waals surface area contributed by atoms with Crippen molar-refractivity contribution < 1.29 is 13.2 Å². The van der Waals surface area contributed by atoms with Crippen molar-refractivity contribution in [3.8, 4) is 5.75 Å². The van der Waals surface area contributed by atoms with Gasteiger partial charge in [0.15, 0.2) is 0 Å². The van der Waals surface area contributed by atoms with Crippen LogP contribution in [0.2, 0.25) is 0 Å². The van der Waals surface area contributed by atoms with Crippen molar-refractivity contribution >= 4 is 38.4 Å². The van der Waals surface area contributed by atoms with Crippen LogP contribution in [0.5, 0.6) is 5.75 Å². The van der Waals surface area contributed by atoms with E-state index in [1.807, 2.05) is 6.92 Å². The Morgan fingerprint density at radius 2 is 2.18 bits per heavy atom. The van der Waals surface area contributed by atoms with Crippen molar-refractivity contribution in [2.45, 2.75) is 30.7 Å². The van der Waals surface area contributed by atoms with Gasteiger partial charge in [0.05, 0.1) is 7.11 Å². The van der Waals surface area contributed by atoms with Crippen LogP contribution in [-0.4, -0.2) is 45.5 Å². The molecule has 1 heterocycles. The number of nitrogens with zero attached hydrogens (tertiary/aromatic N) is 1. The highest BCUT2D eigenvalue weighted by Gasteiger charge is 2.34. The molecule has 0 bridgehead atoms. The van der Waals surface area contributed by atoms with Gasteiger partial charge < -0.3 is 10.1 Å². The predicted octanol–water partition coefficient (Wildman–Crippen LogP) is 2.64. The zero-order chi connectivity index (χ0) is 15.5. The van der Waals surface area contributed by atoms with Gasteiger partial charge in [0.25, 0.3) is 0 Å². The van der Waals surface area contributed by atoms with E-state index in [2.05, 4.69) is 21.2 Å². The molecule has 1 aromatic rings. The van der Waals surface area contributed by atoms with E-state index in [9.17, 15) is 8.42 Å². The lowest BCUT2D eigenvalue weighted by atomic mass is 10.2. The molecule has 0 radical (unpaired) electrons. The van der Waals surface area contributed by atoms with Gasteiger partial charge >= 0.3 is 0 Å². The molecule has 1 saturated heterocycles. The molecular formula is C14H22BrClN2O3S. The molecule has 1 aliphatic heterocycles. The topological polar surface area (TPSA) is 58.6 Å². The van der Waals surface area contributed by atoms with Gasteiger partial charge in [0, 0.05) is 23.6 Å². The number of sulfonamides is 1. The van der Waals surface area contributed by atoms with Crippen LogP contribution in [0, 0.1) is 0 Å². The van der Waals surface area contributed by atoms with Gasteiger partial charge in [-0.25, -0.2) is 8.42 Å². The maximum atomic E-state index is 13.0. The summed E-state index contributed by atoms with van der Waals surface area (Å²) >= 11 is 3.34. The van der Waals surface area contributed by atoms with Gasteiger partial charge in [-0.1, -0.05) is 22.9 Å². The van der Waals surface area contributed by atoms with Crippen molar-refractivity contribution in [3.63, 3.8) is 0 Å². The van der Waals surface area contributed by atoms with Crippen LogP contribution in [0.4, 0.5) is 0 Å². The Kier molecular flexibility index (Phi) is 7.61. The lowest BCUT2D eigenvalue weighted by molar-refractivity contribution is 0.331. The molecule has 1 fully saturated rings. The summed E-state index contributed by atoms with van der Waals surface area (Å²) in [5.41, 5.74) is 0. The first kappa shape index (κ1) is 19.7. The standard InChI is InChI=1S/C14H21BrN2O3S.ClH/c1-3-8-17(12-6-7-16-10-12)21(18,19)14-9-11(15)4-5-13(14)20-2;/h4-5,9,12,16H,3,6-8,10H2,1-2H3;1H. The molecule has 5 nitrogen and oxygen atoms in total. The number of ether oxygens (including phenoxy) is 1. The van der Waals surface area contributed by atoms with E-state index < -0.39 is 10.0 Å². The van der Waals surface area contributed by atoms with Crippen LogP contribution in [0.1, 0.15) is 19.8 Å². The molecule has 1 atom stereocenters. The van der Waals surface area contributed by atoms with Gasteiger partial charge in [-0.05, 0) is 37.6 Å². The second kappa shape index (κ2) is 8.49. The third-order valence-electron chi connectivity index (χ3n) is 3.60. The van der Waals surface area contributed by atoms with Crippen LogP contribution < -0.4 is 10.1 Å². The van der Waals surface area contributed by atoms with E-state index in [-0.39, 0.29) is 23.3 Å². The largest absolute Gasteiger partial charge is 0.495 e. The van der Waals surface area contributed by atoms with Crippen LogP contribution >= 0.6 is 28.3 Å². The third kappa shape index (κ3) is 4.14. The van der Waals surface area contributed by atoms with E-state index in [0.29, 0.717) is 18.8 Å². The maximum absolute atomic E-state index is 13.0. The van der Waals surface area contributed by atoms with Crippen LogP contribution in [0.15, 0.2) is 27.6 Å². The summed E-state index contributed by atoms with van der Waals surface area (Å²) in [6, 6.07) is 5.07. The number of hydrogen-bond donors (Lipinski definition) is 1. The SMILES string of the molecule is CCCN(C1CCNC1)S(=O)(=O)c1cc(Br)ccc1OC.Cl. The highest BCUT2D eigenvalue weighted by molar-refractivity contribution is 9.10. The zero-order valence-corrected chi connectivity index (χ0v) is 15.9. The van der Waals surface area contributed by atoms with Crippen LogP contribution in [0.3, 0.4) is 0 Å². The van der Waals surface area contributed by atoms with Crippen LogP contribution in [-0.2, 0) is 10.0 Å². The first-order valence-corrected chi connectivity index (χ1v) is 9.30. The Hall–Kier alpha value is -0.340. The number of rotatable bonds is 6. The van der Waals surface area contributed by atoms with Gasteiger partial charge in [0.2, 0.25) is 10.0 Å². The van der Waals surface area contributed by atoms with Crippen molar-refractivity contribution in [3.05, 3.63) is 22.7 Å². The lowest BCUT2D eigenvalue weighted by Gasteiger charge is -2.28. The molecule has 2 rings (SSSR count). The molecule has 1 aliphatic rings. The van der Waals surface area contributed by atoms with Crippen molar-refractivity contribution in [1.29, 1.82) is 0 Å². The lowest BCUT2D eigenvalue weighted by Crippen LogP contribution is -2.42. The Morgan fingerprint density at radius 1 is 1.45 bits per heavy atom. The van der Waals surface area contributed by atoms with E-state index in [0.717, 1.165) is 23.9 Å². The number of nitrogens with one attached hydrogen (secondary N) is 1. The zero-order valence-electron chi connectivity index (χ0n) is 12.7. The fourth-order valence-electron chi connectivity index (χ4n) is 2.58. The average molecular weight is 414 g/mol. The molecule has 0 aromatic heterocycles. The van der Waals surface area contributed by atoms with Gasteiger partial charge in [-0.2, -0.15) is 4.31 Å². The summed E-state index contributed by atoms with van der Waals surface area (Å²) in [5, 5.41) is 3.23. The summed E-state index contributed by atoms with van der Waals surface area (Å²) in [7, 11) is -2.08. The third-order valence-corrected chi connectivity index (χ3v) is 6.06. The minimum Gasteiger partial charge on any atom is -0.495 e. The first-order chi connectivity index (χ1) is 10.0. The summed E-state index contributed by atoms with van der Waals surface area (Å²) < 4.78 is 33.6. The summed E-state index contributed by atoms with van der Waals surface area (Å²) in [4.78, 5) is 0.222. The van der Waals surface area contributed by atoms with E-state index in [4.69, 9.17) is 4.74 Å². The molecule has 1 N–H and O–H groups in total. The normalized spacial score (nSPS) is 18.3. The minimum absolute atomic E-state index is 0. The summed E-state index contributed by atoms with van der Waals surface area (Å²) in [6.07, 6.45) is 1.63. The van der Waals surface area contributed by atoms with Gasteiger partial charge in [-0.3, -0.25) is 0 Å². The monoisotopic (exact) mass is 412 g/mol.